The minimum atomic E-state index is -3.87. The number of ether oxygens (including phenoxy) is 1. The number of halogens is 1. The van der Waals surface area contributed by atoms with Gasteiger partial charge in [-0.2, -0.15) is 0 Å². The Kier molecular flexibility index (Phi) is 4.19. The molecular formula is C12H16FNO4S. The lowest BCUT2D eigenvalue weighted by atomic mass is 10.2. The molecule has 1 aromatic rings. The van der Waals surface area contributed by atoms with Crippen molar-refractivity contribution in [2.24, 2.45) is 0 Å². The van der Waals surface area contributed by atoms with Crippen LogP contribution in [0.4, 0.5) is 4.39 Å². The summed E-state index contributed by atoms with van der Waals surface area (Å²) in [6.07, 6.45) is 0.352. The summed E-state index contributed by atoms with van der Waals surface area (Å²) >= 11 is 0. The van der Waals surface area contributed by atoms with Gasteiger partial charge in [-0.3, -0.25) is 0 Å². The van der Waals surface area contributed by atoms with E-state index >= 15 is 0 Å². The van der Waals surface area contributed by atoms with E-state index < -0.39 is 22.4 Å². The van der Waals surface area contributed by atoms with Gasteiger partial charge in [0.1, 0.15) is 5.82 Å². The zero-order valence-electron chi connectivity index (χ0n) is 10.5. The molecule has 5 nitrogen and oxygen atoms in total. The van der Waals surface area contributed by atoms with Crippen LogP contribution in [-0.2, 0) is 21.4 Å². The molecule has 1 aliphatic heterocycles. The lowest BCUT2D eigenvalue weighted by Gasteiger charge is -2.17. The van der Waals surface area contributed by atoms with Crippen molar-refractivity contribution in [2.75, 3.05) is 6.61 Å². The van der Waals surface area contributed by atoms with E-state index in [0.717, 1.165) is 12.1 Å². The van der Waals surface area contributed by atoms with Gasteiger partial charge in [0.25, 0.3) is 0 Å². The largest absolute Gasteiger partial charge is 0.392 e. The molecule has 2 atom stereocenters. The van der Waals surface area contributed by atoms with Crippen LogP contribution >= 0.6 is 0 Å². The highest BCUT2D eigenvalue weighted by molar-refractivity contribution is 7.89. The summed E-state index contributed by atoms with van der Waals surface area (Å²) < 4.78 is 45.4. The Labute approximate surface area is 111 Å². The highest BCUT2D eigenvalue weighted by Gasteiger charge is 2.30. The summed E-state index contributed by atoms with van der Waals surface area (Å²) in [5.41, 5.74) is 0.167. The quantitative estimate of drug-likeness (QED) is 0.858. The Balaban J connectivity index is 2.31. The van der Waals surface area contributed by atoms with Crippen molar-refractivity contribution in [3.05, 3.63) is 29.6 Å². The van der Waals surface area contributed by atoms with Gasteiger partial charge in [0, 0.05) is 6.61 Å². The average molecular weight is 289 g/mol. The van der Waals surface area contributed by atoms with E-state index in [1.807, 2.05) is 0 Å². The molecule has 0 bridgehead atoms. The van der Waals surface area contributed by atoms with E-state index in [9.17, 15) is 12.8 Å². The molecule has 0 radical (unpaired) electrons. The average Bonchev–Trinajstić information content (AvgIpc) is 2.74. The first kappa shape index (κ1) is 14.4. The SMILES string of the molecule is CC1OCCC1NS(=O)(=O)c1cc(F)ccc1CO. The normalized spacial score (nSPS) is 23.7. The Bertz CT molecular complexity index is 561. The standard InChI is InChI=1S/C12H16FNO4S/c1-8-11(4-5-18-8)14-19(16,17)12-6-10(13)3-2-9(12)7-15/h2-3,6,8,11,14-15H,4-5,7H2,1H3. The first-order valence-electron chi connectivity index (χ1n) is 5.97. The molecule has 0 aromatic heterocycles. The van der Waals surface area contributed by atoms with Gasteiger partial charge in [-0.05, 0) is 31.0 Å². The number of rotatable bonds is 4. The third-order valence-corrected chi connectivity index (χ3v) is 4.74. The molecule has 1 saturated heterocycles. The molecule has 0 spiro atoms. The molecular weight excluding hydrogens is 273 g/mol. The predicted octanol–water partition coefficient (Wildman–Crippen LogP) is 0.774. The van der Waals surface area contributed by atoms with Gasteiger partial charge >= 0.3 is 0 Å². The van der Waals surface area contributed by atoms with E-state index in [1.54, 1.807) is 6.92 Å². The summed E-state index contributed by atoms with van der Waals surface area (Å²) in [6.45, 7) is 1.80. The van der Waals surface area contributed by atoms with E-state index in [2.05, 4.69) is 4.72 Å². The van der Waals surface area contributed by atoms with Crippen LogP contribution in [0, 0.1) is 5.82 Å². The second-order valence-electron chi connectivity index (χ2n) is 4.50. The summed E-state index contributed by atoms with van der Waals surface area (Å²) in [5, 5.41) is 9.15. The van der Waals surface area contributed by atoms with Gasteiger partial charge in [0.15, 0.2) is 0 Å². The van der Waals surface area contributed by atoms with E-state index in [0.29, 0.717) is 13.0 Å². The number of aliphatic hydroxyl groups excluding tert-OH is 1. The molecule has 2 unspecified atom stereocenters. The van der Waals surface area contributed by atoms with Gasteiger partial charge < -0.3 is 9.84 Å². The van der Waals surface area contributed by atoms with Crippen LogP contribution in [0.5, 0.6) is 0 Å². The van der Waals surface area contributed by atoms with E-state index in [1.165, 1.54) is 6.07 Å². The molecule has 106 valence electrons. The number of nitrogens with one attached hydrogen (secondary N) is 1. The summed E-state index contributed by atoms with van der Waals surface area (Å²) in [5.74, 6) is -0.659. The number of hydrogen-bond acceptors (Lipinski definition) is 4. The molecule has 1 fully saturated rings. The van der Waals surface area contributed by atoms with Crippen molar-refractivity contribution < 1.29 is 22.7 Å². The topological polar surface area (TPSA) is 75.6 Å². The van der Waals surface area contributed by atoms with Crippen LogP contribution in [0.1, 0.15) is 18.9 Å². The maximum atomic E-state index is 13.2. The molecule has 0 aliphatic carbocycles. The number of hydrogen-bond donors (Lipinski definition) is 2. The fraction of sp³-hybridized carbons (Fsp3) is 0.500. The molecule has 19 heavy (non-hydrogen) atoms. The number of benzene rings is 1. The van der Waals surface area contributed by atoms with E-state index in [4.69, 9.17) is 9.84 Å². The maximum Gasteiger partial charge on any atom is 0.241 e. The van der Waals surface area contributed by atoms with Crippen LogP contribution in [-0.4, -0.2) is 32.3 Å². The lowest BCUT2D eigenvalue weighted by Crippen LogP contribution is -2.39. The minimum Gasteiger partial charge on any atom is -0.392 e. The molecule has 1 heterocycles. The summed E-state index contributed by atoms with van der Waals surface area (Å²) in [4.78, 5) is -0.228. The third kappa shape index (κ3) is 3.11. The highest BCUT2D eigenvalue weighted by atomic mass is 32.2. The van der Waals surface area contributed by atoms with Gasteiger partial charge in [-0.1, -0.05) is 6.07 Å². The Hall–Kier alpha value is -1.02. The minimum absolute atomic E-state index is 0.167. The summed E-state index contributed by atoms with van der Waals surface area (Å²) in [6, 6.07) is 2.96. The lowest BCUT2D eigenvalue weighted by molar-refractivity contribution is 0.117. The maximum absolute atomic E-state index is 13.2. The van der Waals surface area contributed by atoms with Crippen LogP contribution in [0.15, 0.2) is 23.1 Å². The molecule has 0 amide bonds. The molecule has 7 heteroatoms. The van der Waals surface area contributed by atoms with Crippen molar-refractivity contribution in [3.63, 3.8) is 0 Å². The zero-order valence-corrected chi connectivity index (χ0v) is 11.3. The molecule has 1 aromatic carbocycles. The van der Waals surface area contributed by atoms with Crippen molar-refractivity contribution in [3.8, 4) is 0 Å². The number of sulfonamides is 1. The van der Waals surface area contributed by atoms with E-state index in [-0.39, 0.29) is 22.6 Å². The second-order valence-corrected chi connectivity index (χ2v) is 6.18. The van der Waals surface area contributed by atoms with Crippen molar-refractivity contribution >= 4 is 10.0 Å². The molecule has 0 saturated carbocycles. The predicted molar refractivity (Wildman–Crippen MR) is 66.5 cm³/mol. The molecule has 2 rings (SSSR count). The van der Waals surface area contributed by atoms with Crippen LogP contribution in [0.2, 0.25) is 0 Å². The summed E-state index contributed by atoms with van der Waals surface area (Å²) in [7, 11) is -3.87. The molecule has 1 aliphatic rings. The first-order chi connectivity index (χ1) is 8.94. The van der Waals surface area contributed by atoms with Crippen LogP contribution in [0.25, 0.3) is 0 Å². The van der Waals surface area contributed by atoms with Gasteiger partial charge in [0.2, 0.25) is 10.0 Å². The zero-order chi connectivity index (χ0) is 14.0. The van der Waals surface area contributed by atoms with Crippen molar-refractivity contribution in [1.82, 2.24) is 4.72 Å². The number of aliphatic hydroxyl groups is 1. The van der Waals surface area contributed by atoms with Gasteiger partial charge in [-0.15, -0.1) is 0 Å². The van der Waals surface area contributed by atoms with Gasteiger partial charge in [-0.25, -0.2) is 17.5 Å². The van der Waals surface area contributed by atoms with Crippen molar-refractivity contribution in [2.45, 2.75) is 37.0 Å². The first-order valence-corrected chi connectivity index (χ1v) is 7.45. The Morgan fingerprint density at radius 2 is 2.26 bits per heavy atom. The highest BCUT2D eigenvalue weighted by Crippen LogP contribution is 2.20. The van der Waals surface area contributed by atoms with Crippen LogP contribution in [0.3, 0.4) is 0 Å². The van der Waals surface area contributed by atoms with Gasteiger partial charge in [0.05, 0.1) is 23.6 Å². The fourth-order valence-corrected chi connectivity index (χ4v) is 3.64. The Morgan fingerprint density at radius 1 is 1.53 bits per heavy atom. The van der Waals surface area contributed by atoms with Crippen LogP contribution < -0.4 is 4.72 Å². The smallest absolute Gasteiger partial charge is 0.241 e. The monoisotopic (exact) mass is 289 g/mol. The third-order valence-electron chi connectivity index (χ3n) is 3.17. The molecule has 2 N–H and O–H groups in total. The second kappa shape index (κ2) is 5.54. The fourth-order valence-electron chi connectivity index (χ4n) is 2.06. The Morgan fingerprint density at radius 3 is 2.84 bits per heavy atom. The van der Waals surface area contributed by atoms with Crippen molar-refractivity contribution in [1.29, 1.82) is 0 Å².